The minimum atomic E-state index is 1.11. The van der Waals surface area contributed by atoms with E-state index in [4.69, 9.17) is 6.58 Å². The fourth-order valence-electron chi connectivity index (χ4n) is 6.10. The molecule has 0 aliphatic heterocycles. The Morgan fingerprint density at radius 1 is 0.714 bits per heavy atom. The van der Waals surface area contributed by atoms with Crippen molar-refractivity contribution in [1.82, 2.24) is 4.40 Å². The standard InChI is InChI=1S/C34H25N/c1-4-12-25-19-28(23-13-6-5-7-14-23)33-27-17-10-11-18-29(27)35-30-20-24-15-8-9-16-26(24)21(2)31(30)22(3)32(25)34(33)35/h4-20H,3H2,1-2H3/b12-4-. The van der Waals surface area contributed by atoms with E-state index < -0.39 is 0 Å². The summed E-state index contributed by atoms with van der Waals surface area (Å²) in [4.78, 5) is 0. The molecule has 5 aromatic carbocycles. The molecule has 0 N–H and O–H groups in total. The van der Waals surface area contributed by atoms with E-state index in [0.29, 0.717) is 0 Å². The SMILES string of the molecule is C=c1c2c(C)c3ccccc3cc2n2c3ccccc3c3c(-c4ccccc4)cc(/C=C\C)c1c32. The number of benzene rings is 5. The van der Waals surface area contributed by atoms with Gasteiger partial charge in [0, 0.05) is 21.5 Å². The quantitative estimate of drug-likeness (QED) is 0.234. The lowest BCUT2D eigenvalue weighted by Crippen LogP contribution is -2.10. The number of hydrogen-bond acceptors (Lipinski definition) is 0. The van der Waals surface area contributed by atoms with E-state index in [1.54, 1.807) is 0 Å². The molecule has 0 saturated carbocycles. The molecule has 0 saturated heterocycles. The molecule has 0 unspecified atom stereocenters. The zero-order valence-electron chi connectivity index (χ0n) is 20.0. The highest BCUT2D eigenvalue weighted by molar-refractivity contribution is 6.24. The highest BCUT2D eigenvalue weighted by Crippen LogP contribution is 2.42. The van der Waals surface area contributed by atoms with E-state index in [2.05, 4.69) is 121 Å². The van der Waals surface area contributed by atoms with E-state index in [-0.39, 0.29) is 0 Å². The molecule has 1 heteroatoms. The van der Waals surface area contributed by atoms with Gasteiger partial charge in [-0.15, -0.1) is 0 Å². The normalized spacial score (nSPS) is 12.3. The lowest BCUT2D eigenvalue weighted by atomic mass is 9.91. The van der Waals surface area contributed by atoms with Gasteiger partial charge in [-0.05, 0) is 70.3 Å². The number of para-hydroxylation sites is 1. The Hall–Kier alpha value is -4.36. The topological polar surface area (TPSA) is 4.41 Å². The van der Waals surface area contributed by atoms with Crippen LogP contribution in [0.3, 0.4) is 0 Å². The van der Waals surface area contributed by atoms with E-state index in [1.165, 1.54) is 71.1 Å². The Kier molecular flexibility index (Phi) is 4.19. The van der Waals surface area contributed by atoms with Crippen LogP contribution in [0.1, 0.15) is 18.1 Å². The first-order chi connectivity index (χ1) is 17.2. The molecule has 0 radical (unpaired) electrons. The first-order valence-electron chi connectivity index (χ1n) is 12.2. The number of nitrogens with zero attached hydrogens (tertiary/aromatic N) is 1. The van der Waals surface area contributed by atoms with Gasteiger partial charge in [-0.3, -0.25) is 0 Å². The predicted molar refractivity (Wildman–Crippen MR) is 153 cm³/mol. The van der Waals surface area contributed by atoms with Crippen LogP contribution in [0.25, 0.3) is 72.6 Å². The first-order valence-corrected chi connectivity index (χ1v) is 12.2. The zero-order chi connectivity index (χ0) is 23.7. The van der Waals surface area contributed by atoms with Crippen molar-refractivity contribution < 1.29 is 0 Å². The first kappa shape index (κ1) is 20.1. The number of allylic oxidation sites excluding steroid dienone is 1. The third kappa shape index (κ3) is 2.64. The molecule has 2 heterocycles. The van der Waals surface area contributed by atoms with Crippen LogP contribution >= 0.6 is 0 Å². The van der Waals surface area contributed by atoms with Gasteiger partial charge >= 0.3 is 0 Å². The van der Waals surface area contributed by atoms with Crippen LogP contribution in [0.15, 0.2) is 97.1 Å². The Morgan fingerprint density at radius 3 is 2.23 bits per heavy atom. The van der Waals surface area contributed by atoms with Crippen molar-refractivity contribution >= 4 is 61.5 Å². The fraction of sp³-hybridized carbons (Fsp3) is 0.0588. The number of aryl methyl sites for hydroxylation is 1. The van der Waals surface area contributed by atoms with Crippen molar-refractivity contribution in [2.24, 2.45) is 0 Å². The van der Waals surface area contributed by atoms with Crippen LogP contribution in [0.5, 0.6) is 0 Å². The third-order valence-electron chi connectivity index (χ3n) is 7.53. The van der Waals surface area contributed by atoms with Crippen LogP contribution in [0.4, 0.5) is 0 Å². The fourth-order valence-corrected chi connectivity index (χ4v) is 6.10. The summed E-state index contributed by atoms with van der Waals surface area (Å²) in [6.07, 6.45) is 4.37. The van der Waals surface area contributed by atoms with Gasteiger partial charge in [-0.1, -0.05) is 91.5 Å². The smallest absolute Gasteiger partial charge is 0.0632 e. The van der Waals surface area contributed by atoms with Gasteiger partial charge in [0.05, 0.1) is 16.6 Å². The highest BCUT2D eigenvalue weighted by Gasteiger charge is 2.21. The molecule has 1 nitrogen and oxygen atoms in total. The maximum atomic E-state index is 4.72. The molecule has 0 aliphatic carbocycles. The molecule has 0 atom stereocenters. The van der Waals surface area contributed by atoms with Gasteiger partial charge in [-0.25, -0.2) is 0 Å². The summed E-state index contributed by atoms with van der Waals surface area (Å²) in [6.45, 7) is 9.05. The number of pyridine rings is 1. The average molecular weight is 448 g/mol. The second-order valence-corrected chi connectivity index (χ2v) is 9.43. The average Bonchev–Trinajstić information content (AvgIpc) is 3.23. The van der Waals surface area contributed by atoms with E-state index in [9.17, 15) is 0 Å². The van der Waals surface area contributed by atoms with Gasteiger partial charge < -0.3 is 4.40 Å². The molecule has 7 aromatic rings. The summed E-state index contributed by atoms with van der Waals surface area (Å²) in [5.74, 6) is 0. The summed E-state index contributed by atoms with van der Waals surface area (Å²) < 4.78 is 2.49. The number of aromatic nitrogens is 1. The third-order valence-corrected chi connectivity index (χ3v) is 7.53. The van der Waals surface area contributed by atoms with Gasteiger partial charge in [0.15, 0.2) is 0 Å². The highest BCUT2D eigenvalue weighted by atomic mass is 14.9. The summed E-state index contributed by atoms with van der Waals surface area (Å²) in [6, 6.07) is 33.0. The minimum absolute atomic E-state index is 1.11. The number of hydrogen-bond donors (Lipinski definition) is 0. The zero-order valence-corrected chi connectivity index (χ0v) is 20.0. The molecule has 0 spiro atoms. The van der Waals surface area contributed by atoms with E-state index in [0.717, 1.165) is 5.22 Å². The van der Waals surface area contributed by atoms with Crippen LogP contribution < -0.4 is 5.22 Å². The molecule has 35 heavy (non-hydrogen) atoms. The second kappa shape index (κ2) is 7.32. The molecule has 0 bridgehead atoms. The van der Waals surface area contributed by atoms with E-state index in [1.807, 2.05) is 0 Å². The molecule has 2 aromatic heterocycles. The van der Waals surface area contributed by atoms with Gasteiger partial charge in [0.2, 0.25) is 0 Å². The summed E-state index contributed by atoms with van der Waals surface area (Å²) in [7, 11) is 0. The van der Waals surface area contributed by atoms with Gasteiger partial charge in [0.25, 0.3) is 0 Å². The Bertz CT molecular complexity index is 2020. The van der Waals surface area contributed by atoms with Crippen molar-refractivity contribution in [1.29, 1.82) is 0 Å². The molecule has 0 fully saturated rings. The summed E-state index contributed by atoms with van der Waals surface area (Å²) in [5.41, 5.74) is 8.72. The lowest BCUT2D eigenvalue weighted by Gasteiger charge is -2.17. The van der Waals surface area contributed by atoms with Crippen LogP contribution in [-0.4, -0.2) is 4.40 Å². The van der Waals surface area contributed by atoms with Crippen molar-refractivity contribution in [3.63, 3.8) is 0 Å². The van der Waals surface area contributed by atoms with Crippen molar-refractivity contribution in [2.75, 3.05) is 0 Å². The van der Waals surface area contributed by atoms with Crippen LogP contribution in [0.2, 0.25) is 0 Å². The Morgan fingerprint density at radius 2 is 1.43 bits per heavy atom. The molecule has 166 valence electrons. The van der Waals surface area contributed by atoms with Gasteiger partial charge in [0.1, 0.15) is 0 Å². The van der Waals surface area contributed by atoms with Crippen molar-refractivity contribution in [3.05, 3.63) is 113 Å². The maximum absolute atomic E-state index is 4.72. The predicted octanol–water partition coefficient (Wildman–Crippen LogP) is 8.69. The monoisotopic (exact) mass is 447 g/mol. The number of rotatable bonds is 2. The maximum Gasteiger partial charge on any atom is 0.0632 e. The minimum Gasteiger partial charge on any atom is -0.308 e. The Labute approximate surface area is 204 Å². The van der Waals surface area contributed by atoms with Crippen LogP contribution in [0, 0.1) is 6.92 Å². The largest absolute Gasteiger partial charge is 0.308 e. The van der Waals surface area contributed by atoms with Gasteiger partial charge in [-0.2, -0.15) is 0 Å². The summed E-state index contributed by atoms with van der Waals surface area (Å²) >= 11 is 0. The van der Waals surface area contributed by atoms with E-state index >= 15 is 0 Å². The Balaban J connectivity index is 1.87. The molecule has 0 aliphatic rings. The second-order valence-electron chi connectivity index (χ2n) is 9.43. The lowest BCUT2D eigenvalue weighted by molar-refractivity contribution is 1.34. The molecular formula is C34H25N. The molecule has 0 amide bonds. The molecular weight excluding hydrogens is 422 g/mol. The number of fused-ring (bicyclic) bond motifs is 6. The summed E-state index contributed by atoms with van der Waals surface area (Å²) in [5, 5.41) is 8.72. The van der Waals surface area contributed by atoms with Crippen molar-refractivity contribution in [2.45, 2.75) is 13.8 Å². The molecule has 7 rings (SSSR count). The van der Waals surface area contributed by atoms with Crippen LogP contribution in [-0.2, 0) is 0 Å². The van der Waals surface area contributed by atoms with Crippen molar-refractivity contribution in [3.8, 4) is 11.1 Å².